The zero-order valence-corrected chi connectivity index (χ0v) is 12.0. The average Bonchev–Trinajstić information content (AvgIpc) is 2.93. The quantitative estimate of drug-likeness (QED) is 0.701. The number of carbonyl (C=O) groups is 4. The Hall–Kier alpha value is -3.10. The molecular formula is C14H15N3O6. The molecule has 0 radical (unpaired) electrons. The van der Waals surface area contributed by atoms with E-state index in [1.807, 2.05) is 16.9 Å². The van der Waals surface area contributed by atoms with E-state index < -0.39 is 30.0 Å². The predicted octanol–water partition coefficient (Wildman–Crippen LogP) is 0.613. The van der Waals surface area contributed by atoms with E-state index in [0.29, 0.717) is 4.90 Å². The molecule has 23 heavy (non-hydrogen) atoms. The van der Waals surface area contributed by atoms with Gasteiger partial charge in [0.05, 0.1) is 0 Å². The highest BCUT2D eigenvalue weighted by Crippen LogP contribution is 2.18. The Morgan fingerprint density at radius 1 is 1.22 bits per heavy atom. The molecule has 0 spiro atoms. The molecular weight excluding hydrogens is 306 g/mol. The number of hydrogen-bond acceptors (Lipinski definition) is 5. The van der Waals surface area contributed by atoms with E-state index >= 15 is 0 Å². The number of carbonyl (C=O) groups excluding carboxylic acids is 3. The van der Waals surface area contributed by atoms with E-state index in [9.17, 15) is 19.2 Å². The summed E-state index contributed by atoms with van der Waals surface area (Å²) in [5.41, 5.74) is 4.83. The van der Waals surface area contributed by atoms with Gasteiger partial charge in [-0.2, -0.15) is 0 Å². The summed E-state index contributed by atoms with van der Waals surface area (Å²) in [5, 5.41) is 8.90. The van der Waals surface area contributed by atoms with Gasteiger partial charge >= 0.3 is 12.2 Å². The number of amides is 4. The van der Waals surface area contributed by atoms with Gasteiger partial charge in [-0.05, 0) is 12.0 Å². The maximum Gasteiger partial charge on any atom is 0.426 e. The molecule has 9 nitrogen and oxygen atoms in total. The van der Waals surface area contributed by atoms with Gasteiger partial charge in [0.15, 0.2) is 0 Å². The van der Waals surface area contributed by atoms with Gasteiger partial charge in [-0.1, -0.05) is 30.3 Å². The highest BCUT2D eigenvalue weighted by molar-refractivity contribution is 6.00. The summed E-state index contributed by atoms with van der Waals surface area (Å²) in [5.74, 6) is -1.45. The van der Waals surface area contributed by atoms with Crippen molar-refractivity contribution in [1.82, 2.24) is 15.8 Å². The molecule has 1 aromatic rings. The highest BCUT2D eigenvalue weighted by atomic mass is 16.6. The van der Waals surface area contributed by atoms with Crippen molar-refractivity contribution in [3.63, 3.8) is 0 Å². The zero-order valence-electron chi connectivity index (χ0n) is 12.0. The summed E-state index contributed by atoms with van der Waals surface area (Å²) >= 11 is 0. The summed E-state index contributed by atoms with van der Waals surface area (Å²) < 4.78 is 4.87. The van der Waals surface area contributed by atoms with Gasteiger partial charge in [-0.3, -0.25) is 15.0 Å². The number of imide groups is 1. The summed E-state index contributed by atoms with van der Waals surface area (Å²) in [4.78, 5) is 46.1. The van der Waals surface area contributed by atoms with Gasteiger partial charge in [0, 0.05) is 6.42 Å². The van der Waals surface area contributed by atoms with Crippen molar-refractivity contribution in [1.29, 1.82) is 0 Å². The Kier molecular flexibility index (Phi) is 5.13. The normalized spacial score (nSPS) is 16.8. The van der Waals surface area contributed by atoms with Crippen LogP contribution in [0.1, 0.15) is 18.4 Å². The SMILES string of the molecule is O=C(NNC(=O)C1CCC(=O)N1C(=O)O)OCc1ccccc1. The number of likely N-dealkylation sites (tertiary alicyclic amines) is 1. The van der Waals surface area contributed by atoms with Crippen LogP contribution in [0.15, 0.2) is 30.3 Å². The van der Waals surface area contributed by atoms with Crippen molar-refractivity contribution in [2.24, 2.45) is 0 Å². The van der Waals surface area contributed by atoms with Crippen molar-refractivity contribution in [2.75, 3.05) is 0 Å². The standard InChI is InChI=1S/C14H15N3O6/c18-11-7-6-10(17(11)14(21)22)12(19)15-16-13(20)23-8-9-4-2-1-3-5-9/h1-5,10H,6-8H2,(H,15,19)(H,16,20)(H,21,22). The molecule has 0 saturated carbocycles. The molecule has 1 atom stereocenters. The molecule has 1 unspecified atom stereocenters. The summed E-state index contributed by atoms with van der Waals surface area (Å²) in [7, 11) is 0. The lowest BCUT2D eigenvalue weighted by molar-refractivity contribution is -0.133. The van der Waals surface area contributed by atoms with Crippen LogP contribution >= 0.6 is 0 Å². The first-order valence-corrected chi connectivity index (χ1v) is 6.80. The zero-order chi connectivity index (χ0) is 16.8. The van der Waals surface area contributed by atoms with Crippen LogP contribution in [-0.4, -0.2) is 40.0 Å². The minimum absolute atomic E-state index is 0.0196. The first-order valence-electron chi connectivity index (χ1n) is 6.80. The lowest BCUT2D eigenvalue weighted by atomic mass is 10.2. The Labute approximate surface area is 131 Å². The summed E-state index contributed by atoms with van der Waals surface area (Å²) in [6.07, 6.45) is -2.37. The van der Waals surface area contributed by atoms with Crippen LogP contribution in [0.25, 0.3) is 0 Å². The molecule has 0 aromatic heterocycles. The molecule has 0 aliphatic carbocycles. The fraction of sp³-hybridized carbons (Fsp3) is 0.286. The molecule has 1 saturated heterocycles. The third kappa shape index (κ3) is 4.19. The number of rotatable bonds is 3. The minimum Gasteiger partial charge on any atom is -0.465 e. The van der Waals surface area contributed by atoms with Crippen LogP contribution in [0.5, 0.6) is 0 Å². The summed E-state index contributed by atoms with van der Waals surface area (Å²) in [6, 6.07) is 7.77. The molecule has 4 amide bonds. The second-order valence-electron chi connectivity index (χ2n) is 4.78. The number of ether oxygens (including phenoxy) is 1. The monoisotopic (exact) mass is 321 g/mol. The van der Waals surface area contributed by atoms with Gasteiger partial charge in [0.25, 0.3) is 5.91 Å². The van der Waals surface area contributed by atoms with Crippen molar-refractivity contribution < 1.29 is 29.0 Å². The van der Waals surface area contributed by atoms with Crippen molar-refractivity contribution in [3.05, 3.63) is 35.9 Å². The lowest BCUT2D eigenvalue weighted by Crippen LogP contribution is -2.52. The molecule has 1 aliphatic heterocycles. The average molecular weight is 321 g/mol. The second-order valence-corrected chi connectivity index (χ2v) is 4.78. The van der Waals surface area contributed by atoms with Gasteiger partial charge < -0.3 is 9.84 Å². The number of nitrogens with one attached hydrogen (secondary N) is 2. The van der Waals surface area contributed by atoms with E-state index in [0.717, 1.165) is 5.56 Å². The van der Waals surface area contributed by atoms with Crippen LogP contribution < -0.4 is 10.9 Å². The Morgan fingerprint density at radius 3 is 2.57 bits per heavy atom. The Morgan fingerprint density at radius 2 is 1.91 bits per heavy atom. The molecule has 122 valence electrons. The largest absolute Gasteiger partial charge is 0.465 e. The van der Waals surface area contributed by atoms with Crippen molar-refractivity contribution >= 4 is 24.0 Å². The highest BCUT2D eigenvalue weighted by Gasteiger charge is 2.40. The number of carboxylic acid groups (broad SMARTS) is 1. The molecule has 9 heteroatoms. The van der Waals surface area contributed by atoms with Crippen molar-refractivity contribution in [3.8, 4) is 0 Å². The van der Waals surface area contributed by atoms with Gasteiger partial charge in [0.1, 0.15) is 12.6 Å². The molecule has 1 heterocycles. The fourth-order valence-electron chi connectivity index (χ4n) is 2.13. The van der Waals surface area contributed by atoms with E-state index in [2.05, 4.69) is 0 Å². The van der Waals surface area contributed by atoms with Crippen LogP contribution in [0.3, 0.4) is 0 Å². The molecule has 1 aromatic carbocycles. The molecule has 3 N–H and O–H groups in total. The van der Waals surface area contributed by atoms with E-state index in [1.54, 1.807) is 24.3 Å². The smallest absolute Gasteiger partial charge is 0.426 e. The first-order chi connectivity index (χ1) is 11.0. The number of hydrogen-bond donors (Lipinski definition) is 3. The van der Waals surface area contributed by atoms with Gasteiger partial charge in [-0.15, -0.1) is 0 Å². The van der Waals surface area contributed by atoms with Gasteiger partial charge in [-0.25, -0.2) is 19.9 Å². The maximum absolute atomic E-state index is 11.8. The van der Waals surface area contributed by atoms with E-state index in [1.165, 1.54) is 0 Å². The lowest BCUT2D eigenvalue weighted by Gasteiger charge is -2.19. The van der Waals surface area contributed by atoms with Crippen LogP contribution in [0.2, 0.25) is 0 Å². The van der Waals surface area contributed by atoms with Crippen LogP contribution in [0, 0.1) is 0 Å². The minimum atomic E-state index is -1.50. The summed E-state index contributed by atoms with van der Waals surface area (Å²) in [6.45, 7) is 0.0196. The number of nitrogens with zero attached hydrogens (tertiary/aromatic N) is 1. The molecule has 1 aliphatic rings. The van der Waals surface area contributed by atoms with Crippen LogP contribution in [0.4, 0.5) is 9.59 Å². The first kappa shape index (κ1) is 16.3. The molecule has 0 bridgehead atoms. The fourth-order valence-corrected chi connectivity index (χ4v) is 2.13. The molecule has 2 rings (SSSR count). The third-order valence-electron chi connectivity index (χ3n) is 3.22. The topological polar surface area (TPSA) is 125 Å². The van der Waals surface area contributed by atoms with Gasteiger partial charge in [0.2, 0.25) is 5.91 Å². The van der Waals surface area contributed by atoms with Crippen LogP contribution in [-0.2, 0) is 20.9 Å². The number of hydrazine groups is 1. The molecule has 1 fully saturated rings. The second kappa shape index (κ2) is 7.25. The third-order valence-corrected chi connectivity index (χ3v) is 3.22. The van der Waals surface area contributed by atoms with E-state index in [4.69, 9.17) is 9.84 Å². The van der Waals surface area contributed by atoms with E-state index in [-0.39, 0.29) is 19.4 Å². The predicted molar refractivity (Wildman–Crippen MR) is 75.8 cm³/mol. The Bertz CT molecular complexity index is 618. The number of benzene rings is 1. The van der Waals surface area contributed by atoms with Crippen molar-refractivity contribution in [2.45, 2.75) is 25.5 Å². The Balaban J connectivity index is 1.78. The maximum atomic E-state index is 11.8.